The summed E-state index contributed by atoms with van der Waals surface area (Å²) in [4.78, 5) is 16.5. The largest absolute Gasteiger partial charge is 0.439 e. The Kier molecular flexibility index (Phi) is 6.48. The summed E-state index contributed by atoms with van der Waals surface area (Å²) in [6, 6.07) is 18.0. The number of nitrogens with zero attached hydrogens (tertiary/aromatic N) is 2. The molecule has 150 valence electrons. The molecule has 0 unspecified atom stereocenters. The van der Waals surface area contributed by atoms with Crippen molar-refractivity contribution in [3.8, 4) is 11.6 Å². The Hall–Kier alpha value is -2.94. The Labute approximate surface area is 174 Å². The molecule has 0 aliphatic carbocycles. The summed E-state index contributed by atoms with van der Waals surface area (Å²) in [6.07, 6.45) is 1.43. The van der Waals surface area contributed by atoms with Gasteiger partial charge in [-0.25, -0.2) is 13.4 Å². The van der Waals surface area contributed by atoms with Crippen molar-refractivity contribution in [1.29, 1.82) is 0 Å². The molecule has 0 saturated carbocycles. The van der Waals surface area contributed by atoms with E-state index in [2.05, 4.69) is 10.3 Å². The summed E-state index contributed by atoms with van der Waals surface area (Å²) in [6.45, 7) is -0.333. The smallest absolute Gasteiger partial charge is 0.243 e. The van der Waals surface area contributed by atoms with Crippen LogP contribution in [0.4, 0.5) is 5.69 Å². The van der Waals surface area contributed by atoms with Crippen LogP contribution in [0.3, 0.4) is 0 Å². The summed E-state index contributed by atoms with van der Waals surface area (Å²) in [5, 5.41) is 3.21. The van der Waals surface area contributed by atoms with Gasteiger partial charge in [0.2, 0.25) is 21.8 Å². The predicted molar refractivity (Wildman–Crippen MR) is 111 cm³/mol. The van der Waals surface area contributed by atoms with Crippen molar-refractivity contribution in [3.63, 3.8) is 0 Å². The zero-order valence-electron chi connectivity index (χ0n) is 15.4. The second-order valence-corrected chi connectivity index (χ2v) is 8.54. The number of pyridine rings is 1. The number of halogens is 1. The molecular formula is C20H18ClN3O4S. The van der Waals surface area contributed by atoms with Crippen molar-refractivity contribution in [1.82, 2.24) is 9.29 Å². The molecule has 0 spiro atoms. The number of amides is 1. The SMILES string of the molecule is CN(CC(=O)Nc1ccc(Oc2ccc(Cl)cc2)nc1)S(=O)(=O)c1ccccc1. The molecule has 3 rings (SSSR count). The number of sulfonamides is 1. The van der Waals surface area contributed by atoms with E-state index in [-0.39, 0.29) is 11.4 Å². The van der Waals surface area contributed by atoms with Crippen LogP contribution in [-0.4, -0.2) is 37.2 Å². The molecule has 1 aromatic heterocycles. The van der Waals surface area contributed by atoms with Crippen molar-refractivity contribution in [2.45, 2.75) is 4.90 Å². The van der Waals surface area contributed by atoms with Crippen LogP contribution in [0.5, 0.6) is 11.6 Å². The van der Waals surface area contributed by atoms with Crippen LogP contribution in [0.15, 0.2) is 77.8 Å². The van der Waals surface area contributed by atoms with Gasteiger partial charge in [-0.2, -0.15) is 4.31 Å². The summed E-state index contributed by atoms with van der Waals surface area (Å²) >= 11 is 5.83. The van der Waals surface area contributed by atoms with E-state index >= 15 is 0 Å². The molecule has 1 N–H and O–H groups in total. The highest BCUT2D eigenvalue weighted by Crippen LogP contribution is 2.22. The minimum atomic E-state index is -3.74. The number of nitrogens with one attached hydrogen (secondary N) is 1. The van der Waals surface area contributed by atoms with E-state index in [4.69, 9.17) is 16.3 Å². The Balaban J connectivity index is 1.58. The van der Waals surface area contributed by atoms with Gasteiger partial charge < -0.3 is 10.1 Å². The van der Waals surface area contributed by atoms with Gasteiger partial charge in [0.1, 0.15) is 5.75 Å². The Morgan fingerprint density at radius 3 is 2.38 bits per heavy atom. The molecule has 1 amide bonds. The molecule has 0 radical (unpaired) electrons. The van der Waals surface area contributed by atoms with Gasteiger partial charge in [-0.1, -0.05) is 29.8 Å². The van der Waals surface area contributed by atoms with Crippen LogP contribution in [0.1, 0.15) is 0 Å². The monoisotopic (exact) mass is 431 g/mol. The first-order valence-corrected chi connectivity index (χ1v) is 10.4. The van der Waals surface area contributed by atoms with Crippen LogP contribution < -0.4 is 10.1 Å². The van der Waals surface area contributed by atoms with E-state index in [1.807, 2.05) is 0 Å². The number of anilines is 1. The standard InChI is InChI=1S/C20H18ClN3O4S/c1-24(29(26,27)18-5-3-2-4-6-18)14-19(25)23-16-9-12-20(22-13-16)28-17-10-7-15(21)8-11-17/h2-13H,14H2,1H3,(H,23,25). The summed E-state index contributed by atoms with van der Waals surface area (Å²) in [5.41, 5.74) is 0.420. The van der Waals surface area contributed by atoms with Gasteiger partial charge in [-0.15, -0.1) is 0 Å². The topological polar surface area (TPSA) is 88.6 Å². The summed E-state index contributed by atoms with van der Waals surface area (Å²) in [7, 11) is -2.39. The maximum absolute atomic E-state index is 12.5. The number of hydrogen-bond acceptors (Lipinski definition) is 5. The van der Waals surface area contributed by atoms with Crippen molar-refractivity contribution in [3.05, 3.63) is 77.9 Å². The Morgan fingerprint density at radius 1 is 1.07 bits per heavy atom. The average Bonchev–Trinajstić information content (AvgIpc) is 2.71. The third kappa shape index (κ3) is 5.54. The fourth-order valence-corrected chi connectivity index (χ4v) is 3.67. The van der Waals surface area contributed by atoms with Crippen LogP contribution in [-0.2, 0) is 14.8 Å². The number of benzene rings is 2. The van der Waals surface area contributed by atoms with E-state index in [1.54, 1.807) is 54.6 Å². The molecule has 29 heavy (non-hydrogen) atoms. The van der Waals surface area contributed by atoms with Crippen LogP contribution in [0.2, 0.25) is 5.02 Å². The van der Waals surface area contributed by atoms with Crippen molar-refractivity contribution >= 4 is 33.2 Å². The fraction of sp³-hybridized carbons (Fsp3) is 0.100. The average molecular weight is 432 g/mol. The van der Waals surface area contributed by atoms with Gasteiger partial charge in [0, 0.05) is 18.1 Å². The van der Waals surface area contributed by atoms with Gasteiger partial charge in [0.15, 0.2) is 0 Å². The van der Waals surface area contributed by atoms with Gasteiger partial charge in [-0.05, 0) is 42.5 Å². The number of ether oxygens (including phenoxy) is 1. The van der Waals surface area contributed by atoms with Gasteiger partial charge in [0.05, 0.1) is 23.3 Å². The van der Waals surface area contributed by atoms with Crippen molar-refractivity contribution in [2.24, 2.45) is 0 Å². The number of aromatic nitrogens is 1. The number of rotatable bonds is 7. The highest BCUT2D eigenvalue weighted by Gasteiger charge is 2.22. The molecule has 9 heteroatoms. The lowest BCUT2D eigenvalue weighted by Crippen LogP contribution is -2.34. The summed E-state index contributed by atoms with van der Waals surface area (Å²) < 4.78 is 31.5. The van der Waals surface area contributed by atoms with Crippen molar-refractivity contribution < 1.29 is 17.9 Å². The second-order valence-electron chi connectivity index (χ2n) is 6.06. The molecule has 1 heterocycles. The van der Waals surface area contributed by atoms with Gasteiger partial charge in [-0.3, -0.25) is 4.79 Å². The molecule has 0 saturated heterocycles. The summed E-state index contributed by atoms with van der Waals surface area (Å²) in [5.74, 6) is 0.431. The Bertz CT molecular complexity index is 1070. The number of carbonyl (C=O) groups excluding carboxylic acids is 1. The number of carbonyl (C=O) groups is 1. The van der Waals surface area contributed by atoms with E-state index in [1.165, 1.54) is 25.4 Å². The molecule has 0 fully saturated rings. The predicted octanol–water partition coefficient (Wildman–Crippen LogP) is 3.79. The van der Waals surface area contributed by atoms with E-state index in [9.17, 15) is 13.2 Å². The van der Waals surface area contributed by atoms with Crippen LogP contribution in [0, 0.1) is 0 Å². The molecule has 3 aromatic rings. The molecular weight excluding hydrogens is 414 g/mol. The normalized spacial score (nSPS) is 11.3. The molecule has 0 bridgehead atoms. The molecule has 0 atom stereocenters. The first kappa shape index (κ1) is 20.8. The lowest BCUT2D eigenvalue weighted by atomic mass is 10.3. The Morgan fingerprint density at radius 2 is 1.76 bits per heavy atom. The van der Waals surface area contributed by atoms with E-state index in [0.29, 0.717) is 22.3 Å². The highest BCUT2D eigenvalue weighted by molar-refractivity contribution is 7.89. The first-order chi connectivity index (χ1) is 13.8. The van der Waals surface area contributed by atoms with Crippen LogP contribution >= 0.6 is 11.6 Å². The lowest BCUT2D eigenvalue weighted by Gasteiger charge is -2.16. The third-order valence-electron chi connectivity index (χ3n) is 3.87. The minimum Gasteiger partial charge on any atom is -0.439 e. The first-order valence-electron chi connectivity index (χ1n) is 8.55. The van der Waals surface area contributed by atoms with E-state index in [0.717, 1.165) is 4.31 Å². The fourth-order valence-electron chi connectivity index (χ4n) is 2.40. The van der Waals surface area contributed by atoms with Crippen LogP contribution in [0.25, 0.3) is 0 Å². The lowest BCUT2D eigenvalue weighted by molar-refractivity contribution is -0.116. The molecule has 0 aliphatic heterocycles. The third-order valence-corrected chi connectivity index (χ3v) is 5.94. The quantitative estimate of drug-likeness (QED) is 0.614. The minimum absolute atomic E-state index is 0.126. The van der Waals surface area contributed by atoms with Crippen molar-refractivity contribution in [2.75, 3.05) is 18.9 Å². The van der Waals surface area contributed by atoms with Gasteiger partial charge >= 0.3 is 0 Å². The molecule has 2 aromatic carbocycles. The zero-order valence-corrected chi connectivity index (χ0v) is 17.0. The van der Waals surface area contributed by atoms with Gasteiger partial charge in [0.25, 0.3) is 0 Å². The second kappa shape index (κ2) is 9.04. The maximum Gasteiger partial charge on any atom is 0.243 e. The molecule has 7 nitrogen and oxygen atoms in total. The zero-order chi connectivity index (χ0) is 20.9. The maximum atomic E-state index is 12.5. The molecule has 0 aliphatic rings. The number of likely N-dealkylation sites (N-methyl/N-ethyl adjacent to an activating group) is 1. The number of hydrogen-bond donors (Lipinski definition) is 1. The highest BCUT2D eigenvalue weighted by atomic mass is 35.5. The van der Waals surface area contributed by atoms with E-state index < -0.39 is 15.9 Å².